The van der Waals surface area contributed by atoms with Gasteiger partial charge in [-0.15, -0.1) is 0 Å². The molecule has 2 unspecified atom stereocenters. The minimum Gasteiger partial charge on any atom is -0.352 e. The average molecular weight is 260 g/mol. The van der Waals surface area contributed by atoms with Crippen LogP contribution in [0.2, 0.25) is 0 Å². The van der Waals surface area contributed by atoms with E-state index in [1.54, 1.807) is 0 Å². The highest BCUT2D eigenvalue weighted by Gasteiger charge is 2.20. The normalized spacial score (nSPS) is 23.1. The Balaban J connectivity index is 1.94. The van der Waals surface area contributed by atoms with Crippen molar-refractivity contribution in [3.8, 4) is 0 Å². The van der Waals surface area contributed by atoms with E-state index < -0.39 is 0 Å². The lowest BCUT2D eigenvalue weighted by Gasteiger charge is -2.26. The summed E-state index contributed by atoms with van der Waals surface area (Å²) in [5.41, 5.74) is 8.88. The molecule has 1 aliphatic carbocycles. The van der Waals surface area contributed by atoms with Crippen molar-refractivity contribution in [3.05, 3.63) is 34.9 Å². The van der Waals surface area contributed by atoms with Gasteiger partial charge in [0.15, 0.2) is 0 Å². The van der Waals surface area contributed by atoms with Crippen LogP contribution < -0.4 is 11.1 Å². The van der Waals surface area contributed by atoms with Gasteiger partial charge >= 0.3 is 0 Å². The SMILES string of the molecule is Cc1cccc(C)c1C(=O)NCC1CCCC(N)C1. The Bertz CT molecular complexity index is 436. The summed E-state index contributed by atoms with van der Waals surface area (Å²) in [4.78, 5) is 12.3. The van der Waals surface area contributed by atoms with Gasteiger partial charge in [0.2, 0.25) is 0 Å². The average Bonchev–Trinajstić information content (AvgIpc) is 2.36. The van der Waals surface area contributed by atoms with Crippen LogP contribution in [0.4, 0.5) is 0 Å². The second-order valence-electron chi connectivity index (χ2n) is 5.77. The van der Waals surface area contributed by atoms with Crippen LogP contribution in [-0.2, 0) is 0 Å². The third kappa shape index (κ3) is 3.57. The Morgan fingerprint density at radius 3 is 2.63 bits per heavy atom. The zero-order valence-corrected chi connectivity index (χ0v) is 11.9. The van der Waals surface area contributed by atoms with Crippen LogP contribution in [0.3, 0.4) is 0 Å². The Morgan fingerprint density at radius 2 is 2.00 bits per heavy atom. The van der Waals surface area contributed by atoms with Crippen LogP contribution in [0.5, 0.6) is 0 Å². The Labute approximate surface area is 115 Å². The molecule has 0 bridgehead atoms. The maximum absolute atomic E-state index is 12.3. The van der Waals surface area contributed by atoms with E-state index in [4.69, 9.17) is 5.73 Å². The van der Waals surface area contributed by atoms with Crippen molar-refractivity contribution in [1.29, 1.82) is 0 Å². The van der Waals surface area contributed by atoms with Gasteiger partial charge < -0.3 is 11.1 Å². The molecule has 3 N–H and O–H groups in total. The number of hydrogen-bond donors (Lipinski definition) is 2. The Morgan fingerprint density at radius 1 is 1.32 bits per heavy atom. The molecule has 1 saturated carbocycles. The second kappa shape index (κ2) is 6.20. The highest BCUT2D eigenvalue weighted by molar-refractivity contribution is 5.97. The van der Waals surface area contributed by atoms with Gasteiger partial charge in [-0.2, -0.15) is 0 Å². The molecule has 2 atom stereocenters. The number of carbonyl (C=O) groups excluding carboxylic acids is 1. The highest BCUT2D eigenvalue weighted by atomic mass is 16.1. The van der Waals surface area contributed by atoms with E-state index in [-0.39, 0.29) is 5.91 Å². The molecule has 1 aromatic carbocycles. The predicted octanol–water partition coefficient (Wildman–Crippen LogP) is 2.55. The molecule has 1 amide bonds. The minimum absolute atomic E-state index is 0.0507. The van der Waals surface area contributed by atoms with Gasteiger partial charge in [-0.25, -0.2) is 0 Å². The largest absolute Gasteiger partial charge is 0.352 e. The molecule has 1 fully saturated rings. The molecule has 3 heteroatoms. The van der Waals surface area contributed by atoms with Crippen molar-refractivity contribution < 1.29 is 4.79 Å². The third-order valence-electron chi connectivity index (χ3n) is 4.08. The minimum atomic E-state index is 0.0507. The standard InChI is InChI=1S/C16H24N2O/c1-11-5-3-6-12(2)15(11)16(19)18-10-13-7-4-8-14(17)9-13/h3,5-6,13-14H,4,7-10,17H2,1-2H3,(H,18,19). The number of hydrogen-bond acceptors (Lipinski definition) is 2. The number of nitrogens with one attached hydrogen (secondary N) is 1. The van der Waals surface area contributed by atoms with Crippen LogP contribution in [0.15, 0.2) is 18.2 Å². The van der Waals surface area contributed by atoms with Crippen LogP contribution in [0.1, 0.15) is 47.2 Å². The van der Waals surface area contributed by atoms with Crippen LogP contribution in [0.25, 0.3) is 0 Å². The number of rotatable bonds is 3. The Hall–Kier alpha value is -1.35. The van der Waals surface area contributed by atoms with Gasteiger partial charge in [-0.1, -0.05) is 24.6 Å². The molecule has 0 saturated heterocycles. The van der Waals surface area contributed by atoms with Crippen LogP contribution in [0, 0.1) is 19.8 Å². The van der Waals surface area contributed by atoms with Crippen molar-refractivity contribution in [2.75, 3.05) is 6.54 Å². The van der Waals surface area contributed by atoms with E-state index in [1.165, 1.54) is 12.8 Å². The number of carbonyl (C=O) groups is 1. The molecular formula is C16H24N2O. The summed E-state index contributed by atoms with van der Waals surface area (Å²) in [6.07, 6.45) is 4.53. The second-order valence-corrected chi connectivity index (χ2v) is 5.77. The van der Waals surface area contributed by atoms with Crippen LogP contribution in [-0.4, -0.2) is 18.5 Å². The van der Waals surface area contributed by atoms with Crippen LogP contribution >= 0.6 is 0 Å². The first-order valence-electron chi connectivity index (χ1n) is 7.18. The number of nitrogens with two attached hydrogens (primary N) is 1. The topological polar surface area (TPSA) is 55.1 Å². The Kier molecular flexibility index (Phi) is 4.59. The lowest BCUT2D eigenvalue weighted by atomic mass is 9.86. The molecule has 104 valence electrons. The summed E-state index contributed by atoms with van der Waals surface area (Å²) < 4.78 is 0. The first-order chi connectivity index (χ1) is 9.08. The fraction of sp³-hybridized carbons (Fsp3) is 0.562. The van der Waals surface area contributed by atoms with E-state index in [2.05, 4.69) is 5.32 Å². The zero-order chi connectivity index (χ0) is 13.8. The van der Waals surface area contributed by atoms with Gasteiger partial charge in [-0.05, 0) is 50.2 Å². The lowest BCUT2D eigenvalue weighted by Crippen LogP contribution is -2.36. The zero-order valence-electron chi connectivity index (χ0n) is 11.9. The predicted molar refractivity (Wildman–Crippen MR) is 78.2 cm³/mol. The van der Waals surface area contributed by atoms with Crippen molar-refractivity contribution in [1.82, 2.24) is 5.32 Å². The van der Waals surface area contributed by atoms with Crippen molar-refractivity contribution in [2.45, 2.75) is 45.6 Å². The summed E-state index contributed by atoms with van der Waals surface area (Å²) in [6, 6.07) is 6.27. The molecule has 0 radical (unpaired) electrons. The van der Waals surface area contributed by atoms with Gasteiger partial charge in [0, 0.05) is 18.2 Å². The summed E-state index contributed by atoms with van der Waals surface area (Å²) in [6.45, 7) is 4.72. The summed E-state index contributed by atoms with van der Waals surface area (Å²) in [5, 5.41) is 3.08. The van der Waals surface area contributed by atoms with Crippen molar-refractivity contribution in [3.63, 3.8) is 0 Å². The molecule has 1 aromatic rings. The van der Waals surface area contributed by atoms with E-state index in [1.807, 2.05) is 32.0 Å². The van der Waals surface area contributed by atoms with E-state index >= 15 is 0 Å². The maximum Gasteiger partial charge on any atom is 0.251 e. The van der Waals surface area contributed by atoms with E-state index in [0.29, 0.717) is 12.0 Å². The molecular weight excluding hydrogens is 236 g/mol. The molecule has 0 aliphatic heterocycles. The number of amides is 1. The smallest absolute Gasteiger partial charge is 0.251 e. The fourth-order valence-corrected chi connectivity index (χ4v) is 3.02. The van der Waals surface area contributed by atoms with E-state index in [9.17, 15) is 4.79 Å². The molecule has 0 aromatic heterocycles. The number of aryl methyl sites for hydroxylation is 2. The summed E-state index contributed by atoms with van der Waals surface area (Å²) in [7, 11) is 0. The summed E-state index contributed by atoms with van der Waals surface area (Å²) in [5.74, 6) is 0.590. The number of benzene rings is 1. The third-order valence-corrected chi connectivity index (χ3v) is 4.08. The summed E-state index contributed by atoms with van der Waals surface area (Å²) >= 11 is 0. The van der Waals surface area contributed by atoms with Gasteiger partial charge in [0.1, 0.15) is 0 Å². The monoisotopic (exact) mass is 260 g/mol. The van der Waals surface area contributed by atoms with Gasteiger partial charge in [0.05, 0.1) is 0 Å². The molecule has 1 aliphatic rings. The molecule has 2 rings (SSSR count). The fourth-order valence-electron chi connectivity index (χ4n) is 3.02. The van der Waals surface area contributed by atoms with Crippen molar-refractivity contribution in [2.24, 2.45) is 11.7 Å². The quantitative estimate of drug-likeness (QED) is 0.877. The molecule has 0 heterocycles. The molecule has 19 heavy (non-hydrogen) atoms. The highest BCUT2D eigenvalue weighted by Crippen LogP contribution is 2.22. The van der Waals surface area contributed by atoms with Crippen molar-refractivity contribution >= 4 is 5.91 Å². The first kappa shape index (κ1) is 14.1. The maximum atomic E-state index is 12.3. The van der Waals surface area contributed by atoms with Gasteiger partial charge in [-0.3, -0.25) is 4.79 Å². The molecule has 3 nitrogen and oxygen atoms in total. The lowest BCUT2D eigenvalue weighted by molar-refractivity contribution is 0.0941. The van der Waals surface area contributed by atoms with E-state index in [0.717, 1.165) is 36.1 Å². The van der Waals surface area contributed by atoms with Gasteiger partial charge in [0.25, 0.3) is 5.91 Å². The first-order valence-corrected chi connectivity index (χ1v) is 7.18. The molecule has 0 spiro atoms.